The maximum atomic E-state index is 4.98. The third-order valence-corrected chi connectivity index (χ3v) is 3.14. The second-order valence-corrected chi connectivity index (χ2v) is 4.74. The Hall–Kier alpha value is -1.55. The second kappa shape index (κ2) is 11.1. The molecule has 0 unspecified atom stereocenters. The molecule has 0 aliphatic carbocycles. The topological polar surface area (TPSA) is 91.3 Å². The van der Waals surface area contributed by atoms with Crippen molar-refractivity contribution >= 4 is 47.0 Å². The van der Waals surface area contributed by atoms with Crippen molar-refractivity contribution in [3.63, 3.8) is 0 Å². The minimum atomic E-state index is 0. The summed E-state index contributed by atoms with van der Waals surface area (Å²) in [7, 11) is 3.18. The number of hydrogen-bond acceptors (Lipinski definition) is 7. The number of hydrazone groups is 2. The first-order valence-electron chi connectivity index (χ1n) is 6.47. The van der Waals surface area contributed by atoms with E-state index in [1.54, 1.807) is 31.9 Å². The van der Waals surface area contributed by atoms with Gasteiger partial charge in [-0.15, -0.1) is 0 Å². The van der Waals surface area contributed by atoms with Gasteiger partial charge in [-0.1, -0.05) is 0 Å². The van der Waals surface area contributed by atoms with Gasteiger partial charge in [0.05, 0.1) is 11.4 Å². The minimum Gasteiger partial charge on any atom is -0.741 e. The van der Waals surface area contributed by atoms with Gasteiger partial charge in [0, 0.05) is 26.8 Å². The third-order valence-electron chi connectivity index (χ3n) is 2.59. The van der Waals surface area contributed by atoms with Crippen LogP contribution in [0.15, 0.2) is 32.5 Å². The normalized spacial score (nSPS) is 13.6. The summed E-state index contributed by atoms with van der Waals surface area (Å²) in [6, 6.07) is 1.84. The molecule has 0 aliphatic heterocycles. The number of amidine groups is 2. The van der Waals surface area contributed by atoms with Gasteiger partial charge in [0.15, 0.2) is 0 Å². The average molecular weight is 402 g/mol. The molecule has 1 radical (unpaired) electrons. The van der Waals surface area contributed by atoms with Crippen LogP contribution in [-0.4, -0.2) is 45.6 Å². The molecule has 0 atom stereocenters. The van der Waals surface area contributed by atoms with Crippen LogP contribution in [0.4, 0.5) is 0 Å². The monoisotopic (exact) mass is 401 g/mol. The molecule has 129 valence electrons. The summed E-state index contributed by atoms with van der Waals surface area (Å²) in [5.41, 5.74) is 7.36. The van der Waals surface area contributed by atoms with Gasteiger partial charge in [-0.25, -0.2) is 0 Å². The Morgan fingerprint density at radius 3 is 2.26 bits per heavy atom. The number of nitrogens with zero attached hydrogens (tertiary/aromatic N) is 6. The first-order chi connectivity index (χ1) is 10.5. The number of hydrogen-bond donors (Lipinski definition) is 2. The van der Waals surface area contributed by atoms with Crippen molar-refractivity contribution in [3.8, 4) is 0 Å². The molecule has 1 aromatic heterocycles. The number of nitrogens with one attached hydrogen (secondary N) is 2. The van der Waals surface area contributed by atoms with E-state index in [2.05, 4.69) is 36.1 Å². The van der Waals surface area contributed by atoms with Gasteiger partial charge in [0.1, 0.15) is 5.71 Å². The summed E-state index contributed by atoms with van der Waals surface area (Å²) in [5, 5.41) is 13.2. The summed E-state index contributed by atoms with van der Waals surface area (Å²) in [6.45, 7) is 4.49. The Morgan fingerprint density at radius 1 is 1.17 bits per heavy atom. The largest absolute Gasteiger partial charge is 2.00 e. The van der Waals surface area contributed by atoms with Crippen molar-refractivity contribution in [1.29, 1.82) is 0 Å². The van der Waals surface area contributed by atoms with Crippen LogP contribution < -0.4 is 10.9 Å². The van der Waals surface area contributed by atoms with Crippen molar-refractivity contribution in [2.24, 2.45) is 20.2 Å². The zero-order valence-electron chi connectivity index (χ0n) is 13.2. The van der Waals surface area contributed by atoms with E-state index in [0.29, 0.717) is 18.0 Å². The minimum absolute atomic E-state index is 0. The molecular formula is C12H18CuN8S2. The van der Waals surface area contributed by atoms with Crippen LogP contribution in [0.2, 0.25) is 0 Å². The molecular weight excluding hydrogens is 384 g/mol. The van der Waals surface area contributed by atoms with Gasteiger partial charge >= 0.3 is 17.1 Å². The summed E-state index contributed by atoms with van der Waals surface area (Å²) in [4.78, 5) is 7.64. The summed E-state index contributed by atoms with van der Waals surface area (Å²) < 4.78 is 1.80. The molecule has 23 heavy (non-hydrogen) atoms. The summed E-state index contributed by atoms with van der Waals surface area (Å²) in [5.74, 6) is 0. The Labute approximate surface area is 157 Å². The molecule has 0 aromatic carbocycles. The van der Waals surface area contributed by atoms with E-state index in [0.717, 1.165) is 5.69 Å². The number of aliphatic imine (C=N–C) groups is 2. The zero-order chi connectivity index (χ0) is 16.5. The Morgan fingerprint density at radius 2 is 1.74 bits per heavy atom. The van der Waals surface area contributed by atoms with Gasteiger partial charge in [0.25, 0.3) is 0 Å². The van der Waals surface area contributed by atoms with Gasteiger partial charge in [-0.3, -0.25) is 25.5 Å². The van der Waals surface area contributed by atoms with Gasteiger partial charge in [-0.2, -0.15) is 15.3 Å². The van der Waals surface area contributed by atoms with Gasteiger partial charge in [-0.05, 0) is 30.2 Å². The van der Waals surface area contributed by atoms with Gasteiger partial charge in [0.2, 0.25) is 0 Å². The number of rotatable bonds is 5. The predicted molar refractivity (Wildman–Crippen MR) is 95.3 cm³/mol. The first kappa shape index (κ1) is 21.4. The standard InChI is InChI=1S/C12H20N8S2.Cu/c1-5-20-9(6-7-15-20)10(17-19-12(22)14-4)8(2)16-18-11(21)13-3;/h6-7H,5H2,1-4H3,(H2,13,18,21)(H2,14,19,22);/q;+2/p-2/b16-8+,17-10-;. The molecule has 11 heteroatoms. The fourth-order valence-corrected chi connectivity index (χ4v) is 1.59. The maximum absolute atomic E-state index is 4.98. The van der Waals surface area contributed by atoms with E-state index in [9.17, 15) is 0 Å². The molecule has 0 bridgehead atoms. The molecule has 0 fully saturated rings. The van der Waals surface area contributed by atoms with E-state index in [1.165, 1.54) is 0 Å². The second-order valence-electron chi connectivity index (χ2n) is 3.97. The smallest absolute Gasteiger partial charge is 0.741 e. The van der Waals surface area contributed by atoms with Crippen molar-refractivity contribution in [3.05, 3.63) is 18.0 Å². The fourth-order valence-electron chi connectivity index (χ4n) is 1.50. The van der Waals surface area contributed by atoms with E-state index in [4.69, 9.17) is 25.3 Å². The zero-order valence-corrected chi connectivity index (χ0v) is 15.7. The molecule has 0 amide bonds. The first-order valence-corrected chi connectivity index (χ1v) is 7.29. The predicted octanol–water partition coefficient (Wildman–Crippen LogP) is 0.225. The van der Waals surface area contributed by atoms with Crippen molar-refractivity contribution < 1.29 is 17.1 Å². The molecule has 0 saturated heterocycles. The molecule has 2 N–H and O–H groups in total. The third kappa shape index (κ3) is 6.61. The van der Waals surface area contributed by atoms with E-state index in [1.807, 2.05) is 13.0 Å². The van der Waals surface area contributed by atoms with Crippen LogP contribution in [0.3, 0.4) is 0 Å². The van der Waals surface area contributed by atoms with E-state index in [-0.39, 0.29) is 27.4 Å². The summed E-state index contributed by atoms with van der Waals surface area (Å²) in [6.07, 6.45) is 1.70. The van der Waals surface area contributed by atoms with Crippen LogP contribution in [0.5, 0.6) is 0 Å². The molecule has 0 saturated carbocycles. The SMILES string of the molecule is CCn1nccc1C(=N\NC([S-])=NC)/C(C)=N/NC([S-])=NC.[Cu+2]. The Kier molecular flexibility index (Phi) is 10.3. The molecule has 1 heterocycles. The van der Waals surface area contributed by atoms with Crippen LogP contribution >= 0.6 is 0 Å². The molecule has 8 nitrogen and oxygen atoms in total. The maximum Gasteiger partial charge on any atom is 2.00 e. The van der Waals surface area contributed by atoms with Crippen LogP contribution in [-0.2, 0) is 48.9 Å². The average Bonchev–Trinajstić information content (AvgIpc) is 3.00. The molecule has 1 rings (SSSR count). The van der Waals surface area contributed by atoms with Crippen LogP contribution in [0.25, 0.3) is 0 Å². The molecule has 1 aromatic rings. The summed E-state index contributed by atoms with van der Waals surface area (Å²) >= 11 is 9.92. The van der Waals surface area contributed by atoms with Crippen molar-refractivity contribution in [2.45, 2.75) is 20.4 Å². The van der Waals surface area contributed by atoms with E-state index < -0.39 is 0 Å². The molecule has 0 spiro atoms. The Balaban J connectivity index is 0.00000484. The number of aromatic nitrogens is 2. The quantitative estimate of drug-likeness (QED) is 0.242. The Bertz CT molecular complexity index is 620. The number of aryl methyl sites for hydroxylation is 1. The van der Waals surface area contributed by atoms with Crippen LogP contribution in [0, 0.1) is 0 Å². The van der Waals surface area contributed by atoms with E-state index >= 15 is 0 Å². The van der Waals surface area contributed by atoms with Crippen LogP contribution in [0.1, 0.15) is 19.5 Å². The fraction of sp³-hybridized carbons (Fsp3) is 0.417. The van der Waals surface area contributed by atoms with Crippen molar-refractivity contribution in [1.82, 2.24) is 20.6 Å². The molecule has 0 aliphatic rings. The van der Waals surface area contributed by atoms with Crippen molar-refractivity contribution in [2.75, 3.05) is 14.1 Å². The van der Waals surface area contributed by atoms with Gasteiger partial charge < -0.3 is 25.3 Å².